The highest BCUT2D eigenvalue weighted by molar-refractivity contribution is 7.97. The molecule has 0 saturated carbocycles. The van der Waals surface area contributed by atoms with E-state index in [1.54, 1.807) is 6.07 Å². The topological polar surface area (TPSA) is 0 Å². The van der Waals surface area contributed by atoms with Crippen LogP contribution in [0.15, 0.2) is 18.2 Å². The van der Waals surface area contributed by atoms with Crippen LogP contribution in [0.25, 0.3) is 0 Å². The summed E-state index contributed by atoms with van der Waals surface area (Å²) in [5, 5.41) is 0. The lowest BCUT2D eigenvalue weighted by atomic mass is 10.1. The Labute approximate surface area is 85.5 Å². The summed E-state index contributed by atoms with van der Waals surface area (Å²) >= 11 is 1.51. The van der Waals surface area contributed by atoms with Gasteiger partial charge in [0.25, 0.3) is 0 Å². The molecule has 0 saturated heterocycles. The summed E-state index contributed by atoms with van der Waals surface area (Å²) in [6.07, 6.45) is -2.37. The zero-order chi connectivity index (χ0) is 10.8. The molecule has 0 radical (unpaired) electrons. The SMILES string of the molecule is CSCc1ccc(C)c(C(F)(F)F)c1. The summed E-state index contributed by atoms with van der Waals surface area (Å²) in [4.78, 5) is 0. The van der Waals surface area contributed by atoms with E-state index in [0.717, 1.165) is 5.56 Å². The molecule has 1 rings (SSSR count). The molecule has 14 heavy (non-hydrogen) atoms. The molecule has 0 bridgehead atoms. The van der Waals surface area contributed by atoms with Crippen LogP contribution < -0.4 is 0 Å². The van der Waals surface area contributed by atoms with Crippen LogP contribution in [0.2, 0.25) is 0 Å². The number of hydrogen-bond acceptors (Lipinski definition) is 1. The normalized spacial score (nSPS) is 11.8. The van der Waals surface area contributed by atoms with Crippen molar-refractivity contribution < 1.29 is 13.2 Å². The largest absolute Gasteiger partial charge is 0.416 e. The standard InChI is InChI=1S/C10H11F3S/c1-7-3-4-8(6-14-2)5-9(7)10(11,12)13/h3-5H,6H2,1-2H3. The summed E-state index contributed by atoms with van der Waals surface area (Å²) in [6, 6.07) is 4.49. The van der Waals surface area contributed by atoms with Gasteiger partial charge in [-0.1, -0.05) is 12.1 Å². The van der Waals surface area contributed by atoms with Crippen molar-refractivity contribution in [3.05, 3.63) is 34.9 Å². The number of alkyl halides is 3. The molecule has 0 spiro atoms. The monoisotopic (exact) mass is 220 g/mol. The first kappa shape index (κ1) is 11.4. The maximum Gasteiger partial charge on any atom is 0.416 e. The molecule has 0 amide bonds. The molecule has 0 atom stereocenters. The van der Waals surface area contributed by atoms with Gasteiger partial charge in [-0.05, 0) is 30.4 Å². The van der Waals surface area contributed by atoms with Crippen LogP contribution in [-0.2, 0) is 11.9 Å². The lowest BCUT2D eigenvalue weighted by molar-refractivity contribution is -0.138. The maximum absolute atomic E-state index is 12.5. The van der Waals surface area contributed by atoms with Gasteiger partial charge in [-0.15, -0.1) is 0 Å². The molecule has 0 aromatic heterocycles. The maximum atomic E-state index is 12.5. The minimum absolute atomic E-state index is 0.280. The fraction of sp³-hybridized carbons (Fsp3) is 0.400. The number of thioether (sulfide) groups is 1. The minimum atomic E-state index is -4.24. The molecule has 0 aliphatic heterocycles. The third-order valence-corrected chi connectivity index (χ3v) is 2.54. The van der Waals surface area contributed by atoms with Crippen LogP contribution in [0.1, 0.15) is 16.7 Å². The Morgan fingerprint density at radius 2 is 1.93 bits per heavy atom. The van der Waals surface area contributed by atoms with Crippen molar-refractivity contribution in [2.45, 2.75) is 18.9 Å². The highest BCUT2D eigenvalue weighted by Crippen LogP contribution is 2.32. The van der Waals surface area contributed by atoms with Gasteiger partial charge in [-0.25, -0.2) is 0 Å². The first-order chi connectivity index (χ1) is 6.45. The zero-order valence-corrected chi connectivity index (χ0v) is 8.80. The van der Waals surface area contributed by atoms with Crippen LogP contribution in [0.5, 0.6) is 0 Å². The molecule has 1 aromatic rings. The van der Waals surface area contributed by atoms with E-state index in [2.05, 4.69) is 0 Å². The molecule has 0 N–H and O–H groups in total. The second-order valence-corrected chi connectivity index (χ2v) is 3.95. The Morgan fingerprint density at radius 1 is 1.29 bits per heavy atom. The molecule has 78 valence electrons. The van der Waals surface area contributed by atoms with Crippen molar-refractivity contribution in [1.82, 2.24) is 0 Å². The van der Waals surface area contributed by atoms with Crippen molar-refractivity contribution in [2.75, 3.05) is 6.26 Å². The van der Waals surface area contributed by atoms with Gasteiger partial charge in [0.2, 0.25) is 0 Å². The molecule has 0 heterocycles. The number of rotatable bonds is 2. The van der Waals surface area contributed by atoms with E-state index in [9.17, 15) is 13.2 Å². The van der Waals surface area contributed by atoms with E-state index in [1.807, 2.05) is 6.26 Å². The smallest absolute Gasteiger partial charge is 0.166 e. The lowest BCUT2D eigenvalue weighted by Crippen LogP contribution is -2.07. The van der Waals surface area contributed by atoms with E-state index in [4.69, 9.17) is 0 Å². The van der Waals surface area contributed by atoms with Gasteiger partial charge in [-0.2, -0.15) is 24.9 Å². The zero-order valence-electron chi connectivity index (χ0n) is 7.98. The van der Waals surface area contributed by atoms with Gasteiger partial charge < -0.3 is 0 Å². The van der Waals surface area contributed by atoms with Gasteiger partial charge in [-0.3, -0.25) is 0 Å². The Balaban J connectivity index is 3.09. The van der Waals surface area contributed by atoms with Gasteiger partial charge in [0.1, 0.15) is 0 Å². The molecular weight excluding hydrogens is 209 g/mol. The molecular formula is C10H11F3S. The van der Waals surface area contributed by atoms with Gasteiger partial charge in [0.05, 0.1) is 5.56 Å². The highest BCUT2D eigenvalue weighted by atomic mass is 32.2. The third-order valence-electron chi connectivity index (χ3n) is 1.92. The predicted octanol–water partition coefficient (Wildman–Crippen LogP) is 3.88. The highest BCUT2D eigenvalue weighted by Gasteiger charge is 2.32. The van der Waals surface area contributed by atoms with Crippen LogP contribution in [0.4, 0.5) is 13.2 Å². The van der Waals surface area contributed by atoms with E-state index in [-0.39, 0.29) is 5.56 Å². The summed E-state index contributed by atoms with van der Waals surface area (Å²) in [6.45, 7) is 1.48. The van der Waals surface area contributed by atoms with Gasteiger partial charge >= 0.3 is 6.18 Å². The van der Waals surface area contributed by atoms with Gasteiger partial charge in [0.15, 0.2) is 0 Å². The molecule has 0 aliphatic rings. The Morgan fingerprint density at radius 3 is 2.43 bits per heavy atom. The second-order valence-electron chi connectivity index (χ2n) is 3.08. The Kier molecular flexibility index (Phi) is 3.48. The van der Waals surface area contributed by atoms with E-state index < -0.39 is 11.7 Å². The third kappa shape index (κ3) is 2.67. The molecule has 4 heteroatoms. The molecule has 0 unspecified atom stereocenters. The predicted molar refractivity (Wildman–Crippen MR) is 53.4 cm³/mol. The summed E-state index contributed by atoms with van der Waals surface area (Å²) < 4.78 is 37.4. The van der Waals surface area contributed by atoms with E-state index in [1.165, 1.54) is 30.8 Å². The van der Waals surface area contributed by atoms with Crippen molar-refractivity contribution in [3.8, 4) is 0 Å². The number of hydrogen-bond donors (Lipinski definition) is 0. The average Bonchev–Trinajstić information content (AvgIpc) is 2.07. The van der Waals surface area contributed by atoms with Crippen LogP contribution >= 0.6 is 11.8 Å². The first-order valence-corrected chi connectivity index (χ1v) is 5.50. The van der Waals surface area contributed by atoms with E-state index >= 15 is 0 Å². The van der Waals surface area contributed by atoms with Gasteiger partial charge in [0, 0.05) is 5.75 Å². The fourth-order valence-corrected chi connectivity index (χ4v) is 1.74. The summed E-state index contributed by atoms with van der Waals surface area (Å²) in [5.41, 5.74) is 0.474. The van der Waals surface area contributed by atoms with Crippen LogP contribution in [0, 0.1) is 6.92 Å². The Hall–Kier alpha value is -0.640. The quantitative estimate of drug-likeness (QED) is 0.729. The first-order valence-electron chi connectivity index (χ1n) is 4.11. The molecule has 1 aromatic carbocycles. The Bertz CT molecular complexity index is 318. The van der Waals surface area contributed by atoms with Crippen molar-refractivity contribution >= 4 is 11.8 Å². The molecule has 0 fully saturated rings. The molecule has 0 nitrogen and oxygen atoms in total. The van der Waals surface area contributed by atoms with Crippen LogP contribution in [0.3, 0.4) is 0 Å². The fourth-order valence-electron chi connectivity index (χ4n) is 1.23. The molecule has 0 aliphatic carbocycles. The van der Waals surface area contributed by atoms with Crippen molar-refractivity contribution in [2.24, 2.45) is 0 Å². The number of halogens is 3. The van der Waals surface area contributed by atoms with Crippen molar-refractivity contribution in [3.63, 3.8) is 0 Å². The minimum Gasteiger partial charge on any atom is -0.166 e. The van der Waals surface area contributed by atoms with Crippen molar-refractivity contribution in [1.29, 1.82) is 0 Å². The van der Waals surface area contributed by atoms with E-state index in [0.29, 0.717) is 5.75 Å². The lowest BCUT2D eigenvalue weighted by Gasteiger charge is -2.11. The summed E-state index contributed by atoms with van der Waals surface area (Å²) in [5.74, 6) is 0.614. The number of aryl methyl sites for hydroxylation is 1. The average molecular weight is 220 g/mol. The number of benzene rings is 1. The second kappa shape index (κ2) is 4.26. The van der Waals surface area contributed by atoms with Crippen LogP contribution in [-0.4, -0.2) is 6.26 Å². The summed E-state index contributed by atoms with van der Waals surface area (Å²) in [7, 11) is 0.